The molecule has 0 aliphatic heterocycles. The van der Waals surface area contributed by atoms with E-state index in [1.54, 1.807) is 6.07 Å². The largest absolute Gasteiger partial charge is 0.324 e. The smallest absolute Gasteiger partial charge is 0.229 e. The van der Waals surface area contributed by atoms with Crippen LogP contribution in [0.3, 0.4) is 0 Å². The van der Waals surface area contributed by atoms with Crippen molar-refractivity contribution < 1.29 is 8.42 Å². The maximum absolute atomic E-state index is 11.1. The van der Waals surface area contributed by atoms with E-state index in [1.807, 2.05) is 26.0 Å². The number of sulfonamides is 1. The van der Waals surface area contributed by atoms with Gasteiger partial charge in [-0.25, -0.2) is 8.42 Å². The lowest BCUT2D eigenvalue weighted by atomic mass is 10.0. The number of nitrogens with two attached hydrogens (primary N) is 1. The van der Waals surface area contributed by atoms with Gasteiger partial charge in [0.2, 0.25) is 10.0 Å². The molecular weight excluding hydrogens is 224 g/mol. The predicted octanol–water partition coefficient (Wildman–Crippen LogP) is 1.78. The first kappa shape index (κ1) is 13.0. The quantitative estimate of drug-likeness (QED) is 0.845. The summed E-state index contributed by atoms with van der Waals surface area (Å²) in [6.07, 6.45) is 2.00. The fourth-order valence-electron chi connectivity index (χ4n) is 1.47. The van der Waals surface area contributed by atoms with Crippen molar-refractivity contribution in [1.29, 1.82) is 0 Å². The number of hydrogen-bond donors (Lipinski definition) is 2. The van der Waals surface area contributed by atoms with Gasteiger partial charge in [-0.15, -0.1) is 0 Å². The Hall–Kier alpha value is -1.07. The Labute approximate surface area is 96.9 Å². The summed E-state index contributed by atoms with van der Waals surface area (Å²) in [6, 6.07) is 5.53. The Bertz CT molecular complexity index is 469. The van der Waals surface area contributed by atoms with E-state index >= 15 is 0 Å². The van der Waals surface area contributed by atoms with E-state index in [4.69, 9.17) is 5.73 Å². The number of anilines is 1. The van der Waals surface area contributed by atoms with Crippen LogP contribution in [0.15, 0.2) is 18.2 Å². The summed E-state index contributed by atoms with van der Waals surface area (Å²) in [4.78, 5) is 0. The van der Waals surface area contributed by atoms with Gasteiger partial charge < -0.3 is 5.73 Å². The van der Waals surface area contributed by atoms with Crippen molar-refractivity contribution in [2.75, 3.05) is 11.0 Å². The number of nitrogens with one attached hydrogen (secondary N) is 1. The van der Waals surface area contributed by atoms with Crippen molar-refractivity contribution in [3.05, 3.63) is 29.3 Å². The van der Waals surface area contributed by atoms with Crippen LogP contribution in [0, 0.1) is 6.92 Å². The maximum Gasteiger partial charge on any atom is 0.229 e. The summed E-state index contributed by atoms with van der Waals surface area (Å²) < 4.78 is 24.6. The second kappa shape index (κ2) is 4.84. The minimum atomic E-state index is -3.22. The van der Waals surface area contributed by atoms with Crippen LogP contribution in [0.5, 0.6) is 0 Å². The Morgan fingerprint density at radius 3 is 2.50 bits per heavy atom. The van der Waals surface area contributed by atoms with Crippen LogP contribution in [0.2, 0.25) is 0 Å². The minimum Gasteiger partial charge on any atom is -0.324 e. The fraction of sp³-hybridized carbons (Fsp3) is 0.455. The second-order valence-corrected chi connectivity index (χ2v) is 5.71. The molecule has 0 aliphatic carbocycles. The zero-order chi connectivity index (χ0) is 12.3. The highest BCUT2D eigenvalue weighted by molar-refractivity contribution is 7.92. The average Bonchev–Trinajstić information content (AvgIpc) is 2.18. The van der Waals surface area contributed by atoms with E-state index < -0.39 is 10.0 Å². The normalized spacial score (nSPS) is 13.5. The number of aryl methyl sites for hydroxylation is 1. The summed E-state index contributed by atoms with van der Waals surface area (Å²) in [5.41, 5.74) is 8.42. The summed E-state index contributed by atoms with van der Waals surface area (Å²) in [6.45, 7) is 3.88. The Kier molecular flexibility index (Phi) is 3.93. The third kappa shape index (κ3) is 3.50. The highest BCUT2D eigenvalue weighted by Gasteiger charge is 2.08. The molecule has 0 aliphatic rings. The van der Waals surface area contributed by atoms with Gasteiger partial charge in [0.15, 0.2) is 0 Å². The highest BCUT2D eigenvalue weighted by atomic mass is 32.2. The van der Waals surface area contributed by atoms with Gasteiger partial charge in [0.1, 0.15) is 0 Å². The standard InChI is InChI=1S/C11H18N2O2S/c1-4-10(12)9-5-6-11(8(2)7-9)13-16(3,14)15/h5-7,10,13H,4,12H2,1-3H3/t10-/m1/s1. The number of rotatable bonds is 4. The van der Waals surface area contributed by atoms with Gasteiger partial charge in [-0.2, -0.15) is 0 Å². The Morgan fingerprint density at radius 2 is 2.06 bits per heavy atom. The average molecular weight is 242 g/mol. The molecule has 1 aromatic carbocycles. The van der Waals surface area contributed by atoms with E-state index in [1.165, 1.54) is 0 Å². The topological polar surface area (TPSA) is 72.2 Å². The molecule has 0 fully saturated rings. The van der Waals surface area contributed by atoms with E-state index in [2.05, 4.69) is 4.72 Å². The minimum absolute atomic E-state index is 0.00554. The van der Waals surface area contributed by atoms with Crippen molar-refractivity contribution in [3.63, 3.8) is 0 Å². The third-order valence-corrected chi connectivity index (χ3v) is 3.00. The first-order chi connectivity index (χ1) is 7.33. The molecule has 1 atom stereocenters. The number of hydrogen-bond acceptors (Lipinski definition) is 3. The van der Waals surface area contributed by atoms with Crippen LogP contribution in [0.25, 0.3) is 0 Å². The molecule has 0 saturated heterocycles. The van der Waals surface area contributed by atoms with Crippen molar-refractivity contribution in [3.8, 4) is 0 Å². The van der Waals surface area contributed by atoms with E-state index in [0.29, 0.717) is 5.69 Å². The van der Waals surface area contributed by atoms with Crippen LogP contribution in [0.4, 0.5) is 5.69 Å². The zero-order valence-corrected chi connectivity index (χ0v) is 10.6. The molecule has 1 aromatic rings. The van der Waals surface area contributed by atoms with Crippen molar-refractivity contribution in [1.82, 2.24) is 0 Å². The lowest BCUT2D eigenvalue weighted by molar-refractivity contribution is 0.606. The molecule has 0 saturated carbocycles. The van der Waals surface area contributed by atoms with Gasteiger partial charge in [0.25, 0.3) is 0 Å². The van der Waals surface area contributed by atoms with Crippen molar-refractivity contribution in [2.45, 2.75) is 26.3 Å². The molecule has 90 valence electrons. The van der Waals surface area contributed by atoms with Crippen molar-refractivity contribution >= 4 is 15.7 Å². The molecule has 5 heteroatoms. The first-order valence-electron chi connectivity index (χ1n) is 5.17. The molecule has 1 rings (SSSR count). The SMILES string of the molecule is CC[C@@H](N)c1ccc(NS(C)(=O)=O)c(C)c1. The Balaban J connectivity index is 3.01. The van der Waals surface area contributed by atoms with E-state index in [-0.39, 0.29) is 6.04 Å². The van der Waals surface area contributed by atoms with Gasteiger partial charge in [-0.1, -0.05) is 19.1 Å². The van der Waals surface area contributed by atoms with Crippen molar-refractivity contribution in [2.24, 2.45) is 5.73 Å². The molecule has 0 radical (unpaired) electrons. The van der Waals surface area contributed by atoms with Gasteiger partial charge in [-0.3, -0.25) is 4.72 Å². The van der Waals surface area contributed by atoms with Crippen LogP contribution in [0.1, 0.15) is 30.5 Å². The summed E-state index contributed by atoms with van der Waals surface area (Å²) in [7, 11) is -3.22. The molecule has 0 unspecified atom stereocenters. The van der Waals surface area contributed by atoms with Crippen LogP contribution in [-0.2, 0) is 10.0 Å². The molecule has 0 aromatic heterocycles. The monoisotopic (exact) mass is 242 g/mol. The fourth-order valence-corrected chi connectivity index (χ4v) is 2.10. The molecule has 0 spiro atoms. The number of benzene rings is 1. The molecule has 16 heavy (non-hydrogen) atoms. The Morgan fingerprint density at radius 1 is 1.44 bits per heavy atom. The maximum atomic E-state index is 11.1. The summed E-state index contributed by atoms with van der Waals surface area (Å²) in [5.74, 6) is 0. The van der Waals surface area contributed by atoms with Gasteiger partial charge >= 0.3 is 0 Å². The summed E-state index contributed by atoms with van der Waals surface area (Å²) >= 11 is 0. The molecular formula is C11H18N2O2S. The molecule has 3 N–H and O–H groups in total. The third-order valence-electron chi connectivity index (χ3n) is 2.41. The predicted molar refractivity (Wildman–Crippen MR) is 66.9 cm³/mol. The zero-order valence-electron chi connectivity index (χ0n) is 9.82. The second-order valence-electron chi connectivity index (χ2n) is 3.96. The molecule has 4 nitrogen and oxygen atoms in total. The van der Waals surface area contributed by atoms with E-state index in [0.717, 1.165) is 23.8 Å². The lowest BCUT2D eigenvalue weighted by Crippen LogP contribution is -2.12. The van der Waals surface area contributed by atoms with Gasteiger partial charge in [0.05, 0.1) is 11.9 Å². The van der Waals surface area contributed by atoms with Gasteiger partial charge in [-0.05, 0) is 30.5 Å². The van der Waals surface area contributed by atoms with Crippen LogP contribution in [-0.4, -0.2) is 14.7 Å². The van der Waals surface area contributed by atoms with Crippen LogP contribution >= 0.6 is 0 Å². The van der Waals surface area contributed by atoms with Crippen LogP contribution < -0.4 is 10.5 Å². The molecule has 0 heterocycles. The lowest BCUT2D eigenvalue weighted by Gasteiger charge is -2.13. The highest BCUT2D eigenvalue weighted by Crippen LogP contribution is 2.21. The molecule has 0 amide bonds. The van der Waals surface area contributed by atoms with Gasteiger partial charge in [0, 0.05) is 6.04 Å². The first-order valence-corrected chi connectivity index (χ1v) is 7.06. The molecule has 0 bridgehead atoms. The van der Waals surface area contributed by atoms with E-state index in [9.17, 15) is 8.42 Å². The summed E-state index contributed by atoms with van der Waals surface area (Å²) in [5, 5.41) is 0.